The van der Waals surface area contributed by atoms with Crippen LogP contribution < -0.4 is 0 Å². The molecule has 2 aliphatic carbocycles. The van der Waals surface area contributed by atoms with Gasteiger partial charge in [-0.05, 0) is 67.1 Å². The van der Waals surface area contributed by atoms with Gasteiger partial charge in [0.25, 0.3) is 0 Å². The fraction of sp³-hybridized carbons (Fsp3) is 0.647. The summed E-state index contributed by atoms with van der Waals surface area (Å²) in [5, 5.41) is 11.3. The highest BCUT2D eigenvalue weighted by atomic mass is 19.1. The molecule has 5 unspecified atom stereocenters. The van der Waals surface area contributed by atoms with E-state index in [-0.39, 0.29) is 11.7 Å². The Hall–Kier alpha value is -0.890. The second-order valence-electron chi connectivity index (χ2n) is 6.84. The first kappa shape index (κ1) is 13.1. The molecule has 0 spiro atoms. The van der Waals surface area contributed by atoms with Gasteiger partial charge in [0.2, 0.25) is 0 Å². The maximum Gasteiger partial charge on any atom is 0.123 e. The molecule has 2 fully saturated rings. The molecule has 1 N–H and O–H groups in total. The van der Waals surface area contributed by atoms with Crippen LogP contribution in [0.15, 0.2) is 24.3 Å². The second-order valence-corrected chi connectivity index (χ2v) is 6.84. The van der Waals surface area contributed by atoms with Crippen molar-refractivity contribution >= 4 is 0 Å². The van der Waals surface area contributed by atoms with Crippen LogP contribution in [0.3, 0.4) is 0 Å². The van der Waals surface area contributed by atoms with Gasteiger partial charge in [-0.1, -0.05) is 26.0 Å². The summed E-state index contributed by atoms with van der Waals surface area (Å²) >= 11 is 0. The quantitative estimate of drug-likeness (QED) is 0.807. The van der Waals surface area contributed by atoms with Gasteiger partial charge >= 0.3 is 0 Å². The van der Waals surface area contributed by atoms with Gasteiger partial charge in [-0.3, -0.25) is 0 Å². The fourth-order valence-electron chi connectivity index (χ4n) is 4.62. The summed E-state index contributed by atoms with van der Waals surface area (Å²) in [5.41, 5.74) is 0.137. The minimum atomic E-state index is -0.765. The lowest BCUT2D eigenvalue weighted by Crippen LogP contribution is -2.49. The van der Waals surface area contributed by atoms with Gasteiger partial charge in [-0.2, -0.15) is 0 Å². The van der Waals surface area contributed by atoms with Crippen LogP contribution in [0.1, 0.15) is 45.1 Å². The number of hydrogen-bond acceptors (Lipinski definition) is 1. The Morgan fingerprint density at radius 1 is 1.05 bits per heavy atom. The molecule has 0 saturated heterocycles. The average molecular weight is 262 g/mol. The summed E-state index contributed by atoms with van der Waals surface area (Å²) in [5.74, 6) is 1.82. The van der Waals surface area contributed by atoms with Gasteiger partial charge in [0.15, 0.2) is 0 Å². The van der Waals surface area contributed by atoms with Gasteiger partial charge in [-0.25, -0.2) is 4.39 Å². The zero-order valence-electron chi connectivity index (χ0n) is 11.8. The molecule has 0 radical (unpaired) electrons. The first-order valence-corrected chi connectivity index (χ1v) is 7.48. The van der Waals surface area contributed by atoms with Crippen molar-refractivity contribution in [1.29, 1.82) is 0 Å². The summed E-state index contributed by atoms with van der Waals surface area (Å²) in [7, 11) is 0. The molecule has 0 amide bonds. The molecule has 5 atom stereocenters. The minimum absolute atomic E-state index is 0.231. The second kappa shape index (κ2) is 4.59. The molecule has 2 bridgehead atoms. The van der Waals surface area contributed by atoms with Crippen LogP contribution in [0.2, 0.25) is 0 Å². The van der Waals surface area contributed by atoms with E-state index in [1.165, 1.54) is 18.6 Å². The van der Waals surface area contributed by atoms with Crippen molar-refractivity contribution in [2.45, 2.75) is 45.1 Å². The molecule has 0 heterocycles. The lowest BCUT2D eigenvalue weighted by Gasteiger charge is -2.52. The highest BCUT2D eigenvalue weighted by molar-refractivity contribution is 5.26. The molecule has 2 aliphatic rings. The van der Waals surface area contributed by atoms with E-state index in [1.54, 1.807) is 12.1 Å². The normalized spacial score (nSPS) is 42.1. The molecule has 0 aliphatic heterocycles. The van der Waals surface area contributed by atoms with Crippen molar-refractivity contribution < 1.29 is 9.50 Å². The Labute approximate surface area is 114 Å². The van der Waals surface area contributed by atoms with Crippen molar-refractivity contribution in [2.75, 3.05) is 0 Å². The van der Waals surface area contributed by atoms with E-state index in [0.29, 0.717) is 11.8 Å². The molecule has 2 heteroatoms. The van der Waals surface area contributed by atoms with E-state index in [1.807, 2.05) is 0 Å². The van der Waals surface area contributed by atoms with Crippen LogP contribution in [-0.2, 0) is 5.60 Å². The molecule has 104 valence electrons. The maximum atomic E-state index is 13.1. The van der Waals surface area contributed by atoms with E-state index in [0.717, 1.165) is 30.7 Å². The first-order chi connectivity index (χ1) is 9.00. The summed E-state index contributed by atoms with van der Waals surface area (Å²) in [6.45, 7) is 4.44. The van der Waals surface area contributed by atoms with E-state index >= 15 is 0 Å². The standard InChI is InChI=1S/C17H23FO/c1-11-7-13-9-12(2)17(19,15(8-11)10-13)14-3-5-16(18)6-4-14/h3-6,11-13,15,19H,7-10H2,1-2H3. The third-order valence-electron chi connectivity index (χ3n) is 5.41. The monoisotopic (exact) mass is 262 g/mol. The number of hydrogen-bond donors (Lipinski definition) is 1. The van der Waals surface area contributed by atoms with Crippen LogP contribution in [0.4, 0.5) is 4.39 Å². The summed E-state index contributed by atoms with van der Waals surface area (Å²) in [6.07, 6.45) is 4.62. The van der Waals surface area contributed by atoms with Crippen LogP contribution in [0.5, 0.6) is 0 Å². The Morgan fingerprint density at radius 3 is 2.42 bits per heavy atom. The predicted molar refractivity (Wildman–Crippen MR) is 74.1 cm³/mol. The smallest absolute Gasteiger partial charge is 0.123 e. The van der Waals surface area contributed by atoms with Crippen molar-refractivity contribution in [2.24, 2.45) is 23.7 Å². The molecule has 19 heavy (non-hydrogen) atoms. The molecular weight excluding hydrogens is 239 g/mol. The molecule has 1 nitrogen and oxygen atoms in total. The topological polar surface area (TPSA) is 20.2 Å². The molecule has 1 aromatic carbocycles. The Bertz CT molecular complexity index is 451. The number of fused-ring (bicyclic) bond motifs is 2. The third-order valence-corrected chi connectivity index (χ3v) is 5.41. The van der Waals surface area contributed by atoms with Crippen molar-refractivity contribution in [3.63, 3.8) is 0 Å². The molecule has 0 aromatic heterocycles. The zero-order chi connectivity index (χ0) is 13.6. The van der Waals surface area contributed by atoms with Crippen LogP contribution in [0.25, 0.3) is 0 Å². The zero-order valence-corrected chi connectivity index (χ0v) is 11.8. The SMILES string of the molecule is CC1CC2CC(C)C(O)(c3ccc(F)cc3)C(C1)C2. The Kier molecular flexibility index (Phi) is 3.17. The van der Waals surface area contributed by atoms with Gasteiger partial charge in [0, 0.05) is 0 Å². The Balaban J connectivity index is 1.98. The maximum absolute atomic E-state index is 13.1. The van der Waals surface area contributed by atoms with Crippen LogP contribution >= 0.6 is 0 Å². The third kappa shape index (κ3) is 2.10. The van der Waals surface area contributed by atoms with E-state index in [9.17, 15) is 9.50 Å². The van der Waals surface area contributed by atoms with Gasteiger partial charge < -0.3 is 5.11 Å². The molecule has 1 aromatic rings. The average Bonchev–Trinajstić information content (AvgIpc) is 2.36. The lowest BCUT2D eigenvalue weighted by molar-refractivity contribution is -0.132. The largest absolute Gasteiger partial charge is 0.385 e. The highest BCUT2D eigenvalue weighted by Crippen LogP contribution is 2.54. The number of benzene rings is 1. The van der Waals surface area contributed by atoms with Crippen LogP contribution in [-0.4, -0.2) is 5.11 Å². The first-order valence-electron chi connectivity index (χ1n) is 7.48. The molecular formula is C17H23FO. The lowest BCUT2D eigenvalue weighted by atomic mass is 9.56. The number of aliphatic hydroxyl groups is 1. The van der Waals surface area contributed by atoms with E-state index < -0.39 is 5.60 Å². The highest BCUT2D eigenvalue weighted by Gasteiger charge is 2.50. The minimum Gasteiger partial charge on any atom is -0.385 e. The fourth-order valence-corrected chi connectivity index (χ4v) is 4.62. The molecule has 3 rings (SSSR count). The van der Waals surface area contributed by atoms with Crippen molar-refractivity contribution in [3.8, 4) is 0 Å². The predicted octanol–water partition coefficient (Wildman–Crippen LogP) is 4.11. The van der Waals surface area contributed by atoms with Gasteiger partial charge in [0.05, 0.1) is 5.60 Å². The van der Waals surface area contributed by atoms with Crippen LogP contribution in [0, 0.1) is 29.5 Å². The Morgan fingerprint density at radius 2 is 1.74 bits per heavy atom. The summed E-state index contributed by atoms with van der Waals surface area (Å²) in [6, 6.07) is 6.48. The summed E-state index contributed by atoms with van der Waals surface area (Å²) in [4.78, 5) is 0. The van der Waals surface area contributed by atoms with Gasteiger partial charge in [0.1, 0.15) is 5.82 Å². The number of rotatable bonds is 1. The van der Waals surface area contributed by atoms with Crippen molar-refractivity contribution in [3.05, 3.63) is 35.6 Å². The van der Waals surface area contributed by atoms with Gasteiger partial charge in [-0.15, -0.1) is 0 Å². The van der Waals surface area contributed by atoms with E-state index in [2.05, 4.69) is 13.8 Å². The molecule has 2 saturated carbocycles. The van der Waals surface area contributed by atoms with Crippen molar-refractivity contribution in [1.82, 2.24) is 0 Å². The van der Waals surface area contributed by atoms with E-state index in [4.69, 9.17) is 0 Å². The summed E-state index contributed by atoms with van der Waals surface area (Å²) < 4.78 is 13.1. The number of halogens is 1.